The van der Waals surface area contributed by atoms with Gasteiger partial charge in [0, 0.05) is 16.8 Å². The summed E-state index contributed by atoms with van der Waals surface area (Å²) in [5, 5.41) is 0. The first-order valence-corrected chi connectivity index (χ1v) is 11.9. The number of aliphatic imine (C=N–C) groups is 2. The summed E-state index contributed by atoms with van der Waals surface area (Å²) in [5.41, 5.74) is 15.8. The van der Waals surface area contributed by atoms with Gasteiger partial charge in [0.05, 0.1) is 17.7 Å². The van der Waals surface area contributed by atoms with Gasteiger partial charge in [-0.15, -0.1) is 0 Å². The van der Waals surface area contributed by atoms with E-state index in [1.807, 2.05) is 65.1 Å². The fourth-order valence-corrected chi connectivity index (χ4v) is 3.41. The van der Waals surface area contributed by atoms with E-state index in [2.05, 4.69) is 21.3 Å². The lowest BCUT2D eigenvalue weighted by atomic mass is 10.1. The molecule has 6 nitrogen and oxygen atoms in total. The summed E-state index contributed by atoms with van der Waals surface area (Å²) >= 11 is 1.33. The van der Waals surface area contributed by atoms with Crippen molar-refractivity contribution in [2.45, 2.75) is 39.5 Å². The number of H-pyrrole nitrogens is 1. The highest BCUT2D eigenvalue weighted by Crippen LogP contribution is 2.28. The van der Waals surface area contributed by atoms with Crippen LogP contribution in [0.2, 0.25) is 0 Å². The molecular weight excluding hydrogens is 447 g/mol. The molecule has 0 unspecified atom stereocenters. The summed E-state index contributed by atoms with van der Waals surface area (Å²) < 4.78 is 16.6. The summed E-state index contributed by atoms with van der Waals surface area (Å²) in [7, 11) is 0. The average Bonchev–Trinajstić information content (AvgIpc) is 3.21. The van der Waals surface area contributed by atoms with E-state index in [9.17, 15) is 4.39 Å². The predicted molar refractivity (Wildman–Crippen MR) is 148 cm³/mol. The van der Waals surface area contributed by atoms with Gasteiger partial charge in [-0.2, -0.15) is 0 Å². The highest BCUT2D eigenvalue weighted by molar-refractivity contribution is 8.00. The van der Waals surface area contributed by atoms with Gasteiger partial charge in [0.25, 0.3) is 0 Å². The number of nitrogens with one attached hydrogen (secondary N) is 2. The van der Waals surface area contributed by atoms with E-state index in [0.29, 0.717) is 5.84 Å². The first kappa shape index (κ1) is 28.7. The Balaban J connectivity index is 0.00000107. The fourth-order valence-electron chi connectivity index (χ4n) is 2.73. The second kappa shape index (κ2) is 15.5. The molecule has 0 spiro atoms. The number of hydrogen-bond acceptors (Lipinski definition) is 4. The zero-order valence-corrected chi connectivity index (χ0v) is 21.3. The highest BCUT2D eigenvalue weighted by Gasteiger charge is 2.11. The smallest absolute Gasteiger partial charge is 0.178 e. The average molecular weight is 483 g/mol. The molecule has 0 radical (unpaired) electrons. The number of nitrogens with zero attached hydrogens (tertiary/aromatic N) is 2. The quantitative estimate of drug-likeness (QED) is 0.181. The summed E-state index contributed by atoms with van der Waals surface area (Å²) in [4.78, 5) is 12.9. The number of rotatable bonds is 6. The van der Waals surface area contributed by atoms with Crippen molar-refractivity contribution < 1.29 is 4.39 Å². The number of benzene rings is 2. The van der Waals surface area contributed by atoms with Crippen molar-refractivity contribution in [2.24, 2.45) is 21.5 Å². The molecule has 1 heterocycles. The van der Waals surface area contributed by atoms with Crippen LogP contribution in [0.25, 0.3) is 6.08 Å². The van der Waals surface area contributed by atoms with Gasteiger partial charge in [-0.25, -0.2) is 14.4 Å². The van der Waals surface area contributed by atoms with Crippen molar-refractivity contribution in [3.05, 3.63) is 83.4 Å². The van der Waals surface area contributed by atoms with Crippen LogP contribution < -0.4 is 16.2 Å². The Morgan fingerprint density at radius 3 is 2.50 bits per heavy atom. The van der Waals surface area contributed by atoms with Crippen LogP contribution >= 0.6 is 11.9 Å². The zero-order valence-electron chi connectivity index (χ0n) is 20.5. The van der Waals surface area contributed by atoms with Gasteiger partial charge in [-0.05, 0) is 79.4 Å². The molecule has 182 valence electrons. The number of anilines is 1. The molecule has 0 aliphatic heterocycles. The second-order valence-corrected chi connectivity index (χ2v) is 7.61. The highest BCUT2D eigenvalue weighted by atomic mass is 32.2. The van der Waals surface area contributed by atoms with Crippen LogP contribution in [0.1, 0.15) is 43.2 Å². The maximum atomic E-state index is 13.4. The predicted octanol–water partition coefficient (Wildman–Crippen LogP) is 6.59. The van der Waals surface area contributed by atoms with Gasteiger partial charge in [0.15, 0.2) is 5.84 Å². The van der Waals surface area contributed by atoms with Crippen LogP contribution in [0, 0.1) is 19.7 Å². The Hall–Kier alpha value is -3.36. The number of nitrogens with two attached hydrogens (primary N) is 2. The molecule has 1 aromatic heterocycles. The largest absolute Gasteiger partial charge is 0.390 e. The number of amidine groups is 1. The third-order valence-corrected chi connectivity index (χ3v) is 5.17. The normalized spacial score (nSPS) is 10.7. The molecule has 0 amide bonds. The minimum Gasteiger partial charge on any atom is -0.390 e. The van der Waals surface area contributed by atoms with Crippen LogP contribution in [0.15, 0.2) is 70.1 Å². The van der Waals surface area contributed by atoms with Crippen molar-refractivity contribution in [1.29, 1.82) is 0 Å². The van der Waals surface area contributed by atoms with Gasteiger partial charge in [-0.3, -0.25) is 0 Å². The molecule has 0 aliphatic rings. The van der Waals surface area contributed by atoms with E-state index in [0.717, 1.165) is 45.2 Å². The summed E-state index contributed by atoms with van der Waals surface area (Å²) in [6, 6.07) is 12.2. The van der Waals surface area contributed by atoms with E-state index >= 15 is 0 Å². The molecule has 34 heavy (non-hydrogen) atoms. The Morgan fingerprint density at radius 1 is 1.21 bits per heavy atom. The van der Waals surface area contributed by atoms with E-state index in [-0.39, 0.29) is 5.82 Å². The molecule has 8 heteroatoms. The van der Waals surface area contributed by atoms with Gasteiger partial charge < -0.3 is 21.2 Å². The van der Waals surface area contributed by atoms with E-state index in [1.54, 1.807) is 12.1 Å². The number of aryl methyl sites for hydroxylation is 1. The minimum absolute atomic E-state index is 0.268. The van der Waals surface area contributed by atoms with Crippen LogP contribution in [-0.2, 0) is 0 Å². The molecule has 2 aromatic carbocycles. The number of hydrogen-bond donors (Lipinski definition) is 4. The van der Waals surface area contributed by atoms with Crippen LogP contribution in [0.3, 0.4) is 0 Å². The lowest BCUT2D eigenvalue weighted by Gasteiger charge is -2.09. The van der Waals surface area contributed by atoms with Crippen LogP contribution in [-0.4, -0.2) is 23.7 Å². The molecular formula is C26H35FN6S. The van der Waals surface area contributed by atoms with E-state index < -0.39 is 0 Å². The monoisotopic (exact) mass is 482 g/mol. The Labute approximate surface area is 206 Å². The van der Waals surface area contributed by atoms with E-state index in [4.69, 9.17) is 16.5 Å². The molecule has 0 fully saturated rings. The number of halogens is 1. The molecule has 0 atom stereocenters. The van der Waals surface area contributed by atoms with Gasteiger partial charge in [0.2, 0.25) is 0 Å². The van der Waals surface area contributed by atoms with Crippen molar-refractivity contribution in [3.63, 3.8) is 0 Å². The molecule has 0 saturated heterocycles. The minimum atomic E-state index is -0.268. The van der Waals surface area contributed by atoms with Crippen molar-refractivity contribution >= 4 is 41.6 Å². The molecule has 6 N–H and O–H groups in total. The Kier molecular flexibility index (Phi) is 13.0. The molecule has 0 bridgehead atoms. The summed E-state index contributed by atoms with van der Waals surface area (Å²) in [6.07, 6.45) is 4.86. The molecule has 0 saturated carbocycles. The van der Waals surface area contributed by atoms with Gasteiger partial charge in [0.1, 0.15) is 5.82 Å². The standard InChI is InChI=1S/C22H22FN5S.C2H7N.C2H6/c1-4-16-12-25-21(15(16)3)22(26-13-24)27-20-11-18(9-8-14(20)2)28-29-19-7-5-6-17(23)10-19;1-2-3;1-2/h4-13,25,28H,1H2,2-3H3,(H2,24,26,27);2-3H2,1H3;1-2H3. The molecule has 0 aliphatic carbocycles. The van der Waals surface area contributed by atoms with Crippen LogP contribution in [0.5, 0.6) is 0 Å². The maximum Gasteiger partial charge on any atom is 0.178 e. The van der Waals surface area contributed by atoms with Gasteiger partial charge in [-0.1, -0.05) is 45.6 Å². The van der Waals surface area contributed by atoms with Crippen molar-refractivity contribution in [3.8, 4) is 0 Å². The van der Waals surface area contributed by atoms with Crippen molar-refractivity contribution in [1.82, 2.24) is 4.98 Å². The van der Waals surface area contributed by atoms with Crippen LogP contribution in [0.4, 0.5) is 15.8 Å². The van der Waals surface area contributed by atoms with Crippen molar-refractivity contribution in [2.75, 3.05) is 11.3 Å². The Morgan fingerprint density at radius 2 is 1.91 bits per heavy atom. The summed E-state index contributed by atoms with van der Waals surface area (Å²) in [5.74, 6) is 0.214. The first-order chi connectivity index (χ1) is 16.4. The zero-order chi connectivity index (χ0) is 25.5. The first-order valence-electron chi connectivity index (χ1n) is 11.1. The Bertz CT molecular complexity index is 1100. The fraction of sp³-hybridized carbons (Fsp3) is 0.231. The van der Waals surface area contributed by atoms with Gasteiger partial charge >= 0.3 is 0 Å². The number of aromatic amines is 1. The lowest BCUT2D eigenvalue weighted by Crippen LogP contribution is -2.03. The maximum absolute atomic E-state index is 13.4. The molecule has 3 aromatic rings. The lowest BCUT2D eigenvalue weighted by molar-refractivity contribution is 0.624. The SMILES string of the molecule is C=Cc1c[nH]c(C(N=CN)=Nc2cc(NSc3cccc(F)c3)ccc2C)c1C.CC.CCN. The molecule has 3 rings (SSSR count). The van der Waals surface area contributed by atoms with E-state index in [1.165, 1.54) is 30.4 Å². The topological polar surface area (TPSA) is 105 Å². The summed E-state index contributed by atoms with van der Waals surface area (Å²) in [6.45, 7) is 14.4. The third kappa shape index (κ3) is 8.53. The second-order valence-electron chi connectivity index (χ2n) is 6.73. The number of aromatic nitrogens is 1. The third-order valence-electron chi connectivity index (χ3n) is 4.34.